The Balaban J connectivity index is 1.39. The Morgan fingerprint density at radius 3 is 2.43 bits per heavy atom. The number of benzene rings is 2. The van der Waals surface area contributed by atoms with E-state index in [1.165, 1.54) is 12.1 Å². The Morgan fingerprint density at radius 1 is 0.964 bits per heavy atom. The zero-order chi connectivity index (χ0) is 19.7. The number of carbonyl (C=O) groups is 1. The molecule has 9 heteroatoms. The molecule has 2 aliphatic rings. The average Bonchev–Trinajstić information content (AvgIpc) is 3.15. The minimum Gasteiger partial charge on any atom is -0.454 e. The fourth-order valence-corrected chi connectivity index (χ4v) is 3.32. The van der Waals surface area contributed by atoms with Gasteiger partial charge >= 0.3 is 12.2 Å². The number of ether oxygens (including phenoxy) is 2. The Kier molecular flexibility index (Phi) is 4.66. The highest BCUT2D eigenvalue weighted by molar-refractivity contribution is 5.90. The SMILES string of the molecule is O=C(Nc1ccc2c(c1)OCO2)N1CCN(c2ccccc2C(F)(F)F)CC1. The van der Waals surface area contributed by atoms with Gasteiger partial charge in [-0.3, -0.25) is 0 Å². The maximum Gasteiger partial charge on any atom is 0.418 e. The zero-order valence-corrected chi connectivity index (χ0v) is 14.8. The Bertz CT molecular complexity index is 880. The summed E-state index contributed by atoms with van der Waals surface area (Å²) in [4.78, 5) is 15.7. The van der Waals surface area contributed by atoms with Gasteiger partial charge in [0.25, 0.3) is 0 Å². The van der Waals surface area contributed by atoms with E-state index in [0.717, 1.165) is 6.07 Å². The summed E-state index contributed by atoms with van der Waals surface area (Å²) in [6, 6.07) is 10.3. The number of nitrogens with one attached hydrogen (secondary N) is 1. The van der Waals surface area contributed by atoms with Crippen molar-refractivity contribution < 1.29 is 27.4 Å². The minimum atomic E-state index is -4.41. The molecule has 1 fully saturated rings. The number of urea groups is 1. The van der Waals surface area contributed by atoms with Crippen molar-refractivity contribution in [2.45, 2.75) is 6.18 Å². The van der Waals surface area contributed by atoms with Crippen LogP contribution in [0.5, 0.6) is 11.5 Å². The van der Waals surface area contributed by atoms with Crippen LogP contribution in [-0.4, -0.2) is 43.9 Å². The highest BCUT2D eigenvalue weighted by atomic mass is 19.4. The van der Waals surface area contributed by atoms with Gasteiger partial charge in [0.2, 0.25) is 6.79 Å². The molecule has 1 saturated heterocycles. The fraction of sp³-hybridized carbons (Fsp3) is 0.316. The fourth-order valence-electron chi connectivity index (χ4n) is 3.32. The summed E-state index contributed by atoms with van der Waals surface area (Å²) < 4.78 is 50.2. The molecule has 0 spiro atoms. The molecule has 1 N–H and O–H groups in total. The second-order valence-electron chi connectivity index (χ2n) is 6.49. The molecule has 0 saturated carbocycles. The first-order valence-electron chi connectivity index (χ1n) is 8.78. The van der Waals surface area contributed by atoms with Crippen LogP contribution < -0.4 is 19.7 Å². The van der Waals surface area contributed by atoms with Crippen molar-refractivity contribution >= 4 is 17.4 Å². The molecule has 2 heterocycles. The standard InChI is InChI=1S/C19H18F3N3O3/c20-19(21,22)14-3-1-2-4-15(14)24-7-9-25(10-8-24)18(26)23-13-5-6-16-17(11-13)28-12-27-16/h1-6,11H,7-10,12H2,(H,23,26). The maximum absolute atomic E-state index is 13.2. The molecule has 2 amide bonds. The molecule has 6 nitrogen and oxygen atoms in total. The number of halogens is 3. The number of carbonyl (C=O) groups excluding carboxylic acids is 1. The van der Waals surface area contributed by atoms with Gasteiger partial charge in [-0.2, -0.15) is 13.2 Å². The minimum absolute atomic E-state index is 0.144. The molecule has 2 aromatic rings. The van der Waals surface area contributed by atoms with Crippen molar-refractivity contribution in [2.24, 2.45) is 0 Å². The first-order valence-corrected chi connectivity index (χ1v) is 8.78. The summed E-state index contributed by atoms with van der Waals surface area (Å²) >= 11 is 0. The maximum atomic E-state index is 13.2. The molecule has 28 heavy (non-hydrogen) atoms. The molecule has 0 bridgehead atoms. The van der Waals surface area contributed by atoms with E-state index in [1.807, 2.05) is 0 Å². The first kappa shape index (κ1) is 18.3. The van der Waals surface area contributed by atoms with Gasteiger partial charge in [-0.1, -0.05) is 12.1 Å². The van der Waals surface area contributed by atoms with E-state index < -0.39 is 11.7 Å². The van der Waals surface area contributed by atoms with E-state index in [-0.39, 0.29) is 18.5 Å². The number of fused-ring (bicyclic) bond motifs is 1. The lowest BCUT2D eigenvalue weighted by atomic mass is 10.1. The van der Waals surface area contributed by atoms with Crippen molar-refractivity contribution in [1.82, 2.24) is 4.90 Å². The molecule has 0 aliphatic carbocycles. The number of nitrogens with zero attached hydrogens (tertiary/aromatic N) is 2. The van der Waals surface area contributed by atoms with E-state index in [4.69, 9.17) is 9.47 Å². The van der Waals surface area contributed by atoms with Gasteiger partial charge in [0.05, 0.1) is 5.56 Å². The zero-order valence-electron chi connectivity index (χ0n) is 14.8. The van der Waals surface area contributed by atoms with Crippen LogP contribution in [0.15, 0.2) is 42.5 Å². The third-order valence-electron chi connectivity index (χ3n) is 4.74. The summed E-state index contributed by atoms with van der Waals surface area (Å²) in [5, 5.41) is 2.78. The number of hydrogen-bond donors (Lipinski definition) is 1. The van der Waals surface area contributed by atoms with Gasteiger partial charge in [0.15, 0.2) is 11.5 Å². The van der Waals surface area contributed by atoms with Gasteiger partial charge in [-0.15, -0.1) is 0 Å². The highest BCUT2D eigenvalue weighted by Crippen LogP contribution is 2.37. The largest absolute Gasteiger partial charge is 0.454 e. The lowest BCUT2D eigenvalue weighted by Gasteiger charge is -2.37. The van der Waals surface area contributed by atoms with Crippen LogP contribution in [0.4, 0.5) is 29.3 Å². The van der Waals surface area contributed by atoms with Crippen LogP contribution in [0.1, 0.15) is 5.56 Å². The van der Waals surface area contributed by atoms with Crippen LogP contribution in [0.3, 0.4) is 0 Å². The molecule has 0 atom stereocenters. The molecular weight excluding hydrogens is 375 g/mol. The Morgan fingerprint density at radius 2 is 1.68 bits per heavy atom. The van der Waals surface area contributed by atoms with Crippen molar-refractivity contribution in [2.75, 3.05) is 43.2 Å². The molecule has 0 radical (unpaired) electrons. The Hall–Kier alpha value is -3.10. The molecule has 2 aromatic carbocycles. The van der Waals surface area contributed by atoms with Crippen molar-refractivity contribution in [3.63, 3.8) is 0 Å². The number of piperazine rings is 1. The quantitative estimate of drug-likeness (QED) is 0.844. The van der Waals surface area contributed by atoms with Crippen molar-refractivity contribution in [1.29, 1.82) is 0 Å². The van der Waals surface area contributed by atoms with E-state index in [2.05, 4.69) is 5.32 Å². The van der Waals surface area contributed by atoms with Gasteiger partial charge in [0, 0.05) is 43.6 Å². The number of alkyl halides is 3. The van der Waals surface area contributed by atoms with Crippen LogP contribution in [0.2, 0.25) is 0 Å². The summed E-state index contributed by atoms with van der Waals surface area (Å²) in [5.74, 6) is 1.18. The summed E-state index contributed by atoms with van der Waals surface area (Å²) in [5.41, 5.74) is 0.0539. The van der Waals surface area contributed by atoms with Gasteiger partial charge in [-0.05, 0) is 24.3 Å². The van der Waals surface area contributed by atoms with Crippen molar-refractivity contribution in [3.8, 4) is 11.5 Å². The third kappa shape index (κ3) is 3.64. The number of rotatable bonds is 2. The van der Waals surface area contributed by atoms with E-state index in [0.29, 0.717) is 43.4 Å². The number of hydrogen-bond acceptors (Lipinski definition) is 4. The molecule has 2 aliphatic heterocycles. The molecule has 0 aromatic heterocycles. The molecular formula is C19H18F3N3O3. The predicted octanol–water partition coefficient (Wildman–Crippen LogP) is 3.79. The Labute approximate surface area is 159 Å². The average molecular weight is 393 g/mol. The number of anilines is 2. The summed E-state index contributed by atoms with van der Waals surface area (Å²) in [6.45, 7) is 1.43. The smallest absolute Gasteiger partial charge is 0.418 e. The van der Waals surface area contributed by atoms with Crippen LogP contribution in [-0.2, 0) is 6.18 Å². The summed E-state index contributed by atoms with van der Waals surface area (Å²) in [7, 11) is 0. The second-order valence-corrected chi connectivity index (χ2v) is 6.49. The van der Waals surface area contributed by atoms with Gasteiger partial charge in [0.1, 0.15) is 0 Å². The second kappa shape index (κ2) is 7.14. The first-order chi connectivity index (χ1) is 13.4. The van der Waals surface area contributed by atoms with Crippen LogP contribution in [0.25, 0.3) is 0 Å². The van der Waals surface area contributed by atoms with Gasteiger partial charge < -0.3 is 24.6 Å². The van der Waals surface area contributed by atoms with E-state index >= 15 is 0 Å². The predicted molar refractivity (Wildman–Crippen MR) is 96.8 cm³/mol. The number of amides is 2. The lowest BCUT2D eigenvalue weighted by Crippen LogP contribution is -2.50. The molecule has 4 rings (SSSR count). The molecule has 148 valence electrons. The lowest BCUT2D eigenvalue weighted by molar-refractivity contribution is -0.137. The summed E-state index contributed by atoms with van der Waals surface area (Å²) in [6.07, 6.45) is -4.41. The topological polar surface area (TPSA) is 54.0 Å². The highest BCUT2D eigenvalue weighted by Gasteiger charge is 2.35. The third-order valence-corrected chi connectivity index (χ3v) is 4.74. The van der Waals surface area contributed by atoms with Crippen LogP contribution in [0, 0.1) is 0 Å². The van der Waals surface area contributed by atoms with E-state index in [1.54, 1.807) is 34.1 Å². The van der Waals surface area contributed by atoms with E-state index in [9.17, 15) is 18.0 Å². The number of para-hydroxylation sites is 1. The van der Waals surface area contributed by atoms with Gasteiger partial charge in [-0.25, -0.2) is 4.79 Å². The normalized spacial score (nSPS) is 16.2. The van der Waals surface area contributed by atoms with Crippen molar-refractivity contribution in [3.05, 3.63) is 48.0 Å². The van der Waals surface area contributed by atoms with Crippen LogP contribution >= 0.6 is 0 Å². The monoisotopic (exact) mass is 393 g/mol. The molecule has 0 unspecified atom stereocenters.